The van der Waals surface area contributed by atoms with Crippen LogP contribution >= 0.6 is 0 Å². The Kier molecular flexibility index (Phi) is 18.9. The van der Waals surface area contributed by atoms with Gasteiger partial charge in [-0.1, -0.05) is 111 Å². The maximum atomic E-state index is 11.3. The van der Waals surface area contributed by atoms with Crippen LogP contribution in [0.15, 0.2) is 12.7 Å². The molecule has 0 aromatic carbocycles. The molecule has 0 atom stereocenters. The Morgan fingerprint density at radius 3 is 1.75 bits per heavy atom. The molecule has 0 amide bonds. The van der Waals surface area contributed by atoms with Crippen molar-refractivity contribution in [3.05, 3.63) is 12.7 Å². The Labute approximate surface area is 176 Å². The van der Waals surface area contributed by atoms with Gasteiger partial charge in [0.05, 0.1) is 0 Å². The van der Waals surface area contributed by atoms with E-state index in [-0.39, 0.29) is 11.5 Å². The van der Waals surface area contributed by atoms with Gasteiger partial charge in [-0.25, -0.2) is 4.79 Å². The standard InChI is InChI=1S/C25H49NO2/c1-5-9-12-13-14-15-16-17-18-21-25(19-10-6-2,20-11-7-3)26-22-23-28-24(27)8-4/h8,26H,4-7,9-23H2,1-3H3. The highest BCUT2D eigenvalue weighted by atomic mass is 16.5. The highest BCUT2D eigenvalue weighted by molar-refractivity contribution is 5.81. The van der Waals surface area contributed by atoms with Gasteiger partial charge in [0.1, 0.15) is 6.61 Å². The van der Waals surface area contributed by atoms with Crippen molar-refractivity contribution in [1.29, 1.82) is 0 Å². The molecule has 0 bridgehead atoms. The van der Waals surface area contributed by atoms with E-state index in [4.69, 9.17) is 4.74 Å². The normalized spacial score (nSPS) is 11.5. The van der Waals surface area contributed by atoms with E-state index in [9.17, 15) is 4.79 Å². The molecule has 0 fully saturated rings. The van der Waals surface area contributed by atoms with E-state index in [2.05, 4.69) is 32.7 Å². The molecule has 3 nitrogen and oxygen atoms in total. The zero-order valence-corrected chi connectivity index (χ0v) is 19.3. The number of rotatable bonds is 21. The monoisotopic (exact) mass is 395 g/mol. The Bertz CT molecular complexity index is 360. The SMILES string of the molecule is C=CC(=O)OCCNC(CCCC)(CCCC)CCCCCCCCCCC. The van der Waals surface area contributed by atoms with Gasteiger partial charge in [0.2, 0.25) is 0 Å². The van der Waals surface area contributed by atoms with Crippen LogP contribution in [-0.2, 0) is 9.53 Å². The fraction of sp³-hybridized carbons (Fsp3) is 0.880. The van der Waals surface area contributed by atoms with Crippen LogP contribution in [0.1, 0.15) is 124 Å². The average molecular weight is 396 g/mol. The third-order valence-corrected chi connectivity index (χ3v) is 5.79. The van der Waals surface area contributed by atoms with Gasteiger partial charge in [0.25, 0.3) is 0 Å². The summed E-state index contributed by atoms with van der Waals surface area (Å²) < 4.78 is 5.17. The molecule has 1 N–H and O–H groups in total. The fourth-order valence-corrected chi connectivity index (χ4v) is 3.97. The first kappa shape index (κ1) is 27.2. The van der Waals surface area contributed by atoms with E-state index in [1.165, 1.54) is 109 Å². The Balaban J connectivity index is 4.35. The van der Waals surface area contributed by atoms with Crippen molar-refractivity contribution in [1.82, 2.24) is 5.32 Å². The Hall–Kier alpha value is -0.830. The molecule has 166 valence electrons. The molecule has 0 saturated heterocycles. The van der Waals surface area contributed by atoms with Gasteiger partial charge in [-0.3, -0.25) is 0 Å². The first-order valence-electron chi connectivity index (χ1n) is 12.2. The summed E-state index contributed by atoms with van der Waals surface area (Å²) in [7, 11) is 0. The number of esters is 1. The molecule has 0 spiro atoms. The van der Waals surface area contributed by atoms with Gasteiger partial charge in [-0.15, -0.1) is 0 Å². The molecule has 0 radical (unpaired) electrons. The zero-order chi connectivity index (χ0) is 20.9. The van der Waals surface area contributed by atoms with Crippen molar-refractivity contribution >= 4 is 5.97 Å². The molecule has 0 aromatic heterocycles. The molecular formula is C25H49NO2. The predicted octanol–water partition coefficient (Wildman–Crippen LogP) is 7.35. The number of nitrogens with one attached hydrogen (secondary N) is 1. The van der Waals surface area contributed by atoms with Crippen molar-refractivity contribution in [2.24, 2.45) is 0 Å². The maximum Gasteiger partial charge on any atom is 0.330 e. The van der Waals surface area contributed by atoms with Crippen molar-refractivity contribution < 1.29 is 9.53 Å². The van der Waals surface area contributed by atoms with Gasteiger partial charge in [0.15, 0.2) is 0 Å². The highest BCUT2D eigenvalue weighted by Crippen LogP contribution is 2.28. The van der Waals surface area contributed by atoms with E-state index in [0.717, 1.165) is 6.54 Å². The lowest BCUT2D eigenvalue weighted by atomic mass is 9.82. The summed E-state index contributed by atoms with van der Waals surface area (Å²) in [6.07, 6.45) is 22.3. The molecule has 28 heavy (non-hydrogen) atoms. The number of hydrogen-bond donors (Lipinski definition) is 1. The van der Waals surface area contributed by atoms with Crippen LogP contribution in [0.3, 0.4) is 0 Å². The molecule has 0 aliphatic heterocycles. The molecule has 0 aliphatic rings. The van der Waals surface area contributed by atoms with E-state index in [0.29, 0.717) is 6.61 Å². The molecule has 3 heteroatoms. The van der Waals surface area contributed by atoms with Crippen molar-refractivity contribution in [3.8, 4) is 0 Å². The van der Waals surface area contributed by atoms with E-state index < -0.39 is 0 Å². The van der Waals surface area contributed by atoms with E-state index in [1.807, 2.05) is 0 Å². The van der Waals surface area contributed by atoms with Crippen molar-refractivity contribution in [2.45, 2.75) is 129 Å². The fourth-order valence-electron chi connectivity index (χ4n) is 3.97. The highest BCUT2D eigenvalue weighted by Gasteiger charge is 2.27. The van der Waals surface area contributed by atoms with Crippen LogP contribution in [0.25, 0.3) is 0 Å². The van der Waals surface area contributed by atoms with Gasteiger partial charge < -0.3 is 10.1 Å². The van der Waals surface area contributed by atoms with E-state index in [1.54, 1.807) is 0 Å². The molecule has 0 heterocycles. The van der Waals surface area contributed by atoms with Crippen LogP contribution in [0.4, 0.5) is 0 Å². The Morgan fingerprint density at radius 2 is 1.25 bits per heavy atom. The molecule has 0 unspecified atom stereocenters. The summed E-state index contributed by atoms with van der Waals surface area (Å²) in [5, 5.41) is 3.80. The molecule has 0 saturated carbocycles. The summed E-state index contributed by atoms with van der Waals surface area (Å²) >= 11 is 0. The van der Waals surface area contributed by atoms with Gasteiger partial charge in [-0.05, 0) is 19.3 Å². The summed E-state index contributed by atoms with van der Waals surface area (Å²) in [6.45, 7) is 11.5. The minimum absolute atomic E-state index is 0.216. The first-order valence-corrected chi connectivity index (χ1v) is 12.2. The number of carbonyl (C=O) groups is 1. The molecule has 0 rings (SSSR count). The average Bonchev–Trinajstić information content (AvgIpc) is 2.72. The third kappa shape index (κ3) is 15.1. The number of hydrogen-bond acceptors (Lipinski definition) is 3. The smallest absolute Gasteiger partial charge is 0.330 e. The lowest BCUT2D eigenvalue weighted by Gasteiger charge is -2.36. The molecule has 0 aliphatic carbocycles. The Morgan fingerprint density at radius 1 is 0.786 bits per heavy atom. The second-order valence-electron chi connectivity index (χ2n) is 8.36. The van der Waals surface area contributed by atoms with Gasteiger partial charge in [-0.2, -0.15) is 0 Å². The largest absolute Gasteiger partial charge is 0.461 e. The summed E-state index contributed by atoms with van der Waals surface area (Å²) in [4.78, 5) is 11.3. The summed E-state index contributed by atoms with van der Waals surface area (Å²) in [6, 6.07) is 0. The summed E-state index contributed by atoms with van der Waals surface area (Å²) in [5.74, 6) is -0.326. The van der Waals surface area contributed by atoms with Crippen LogP contribution in [0.2, 0.25) is 0 Å². The lowest BCUT2D eigenvalue weighted by molar-refractivity contribution is -0.137. The zero-order valence-electron chi connectivity index (χ0n) is 19.3. The molecular weight excluding hydrogens is 346 g/mol. The second-order valence-corrected chi connectivity index (χ2v) is 8.36. The second kappa shape index (κ2) is 19.5. The minimum atomic E-state index is -0.326. The van der Waals surface area contributed by atoms with Gasteiger partial charge >= 0.3 is 5.97 Å². The molecule has 0 aromatic rings. The van der Waals surface area contributed by atoms with Crippen LogP contribution in [0.5, 0.6) is 0 Å². The van der Waals surface area contributed by atoms with Crippen LogP contribution in [-0.4, -0.2) is 24.7 Å². The lowest BCUT2D eigenvalue weighted by Crippen LogP contribution is -2.46. The minimum Gasteiger partial charge on any atom is -0.461 e. The number of ether oxygens (including phenoxy) is 1. The first-order chi connectivity index (χ1) is 13.6. The van der Waals surface area contributed by atoms with Crippen molar-refractivity contribution in [3.63, 3.8) is 0 Å². The number of carbonyl (C=O) groups excluding carboxylic acids is 1. The number of unbranched alkanes of at least 4 members (excludes halogenated alkanes) is 10. The maximum absolute atomic E-state index is 11.3. The summed E-state index contributed by atoms with van der Waals surface area (Å²) in [5.41, 5.74) is 0.216. The van der Waals surface area contributed by atoms with Gasteiger partial charge in [0, 0.05) is 18.2 Å². The third-order valence-electron chi connectivity index (χ3n) is 5.79. The van der Waals surface area contributed by atoms with Crippen molar-refractivity contribution in [2.75, 3.05) is 13.2 Å². The quantitative estimate of drug-likeness (QED) is 0.125. The van der Waals surface area contributed by atoms with Crippen LogP contribution in [0, 0.1) is 0 Å². The van der Waals surface area contributed by atoms with Crippen LogP contribution < -0.4 is 5.32 Å². The topological polar surface area (TPSA) is 38.3 Å². The predicted molar refractivity (Wildman–Crippen MR) is 123 cm³/mol. The van der Waals surface area contributed by atoms with E-state index >= 15 is 0 Å².